The van der Waals surface area contributed by atoms with Crippen molar-refractivity contribution in [2.24, 2.45) is 5.92 Å². The Balaban J connectivity index is 2.27. The third-order valence-electron chi connectivity index (χ3n) is 3.81. The van der Waals surface area contributed by atoms with Gasteiger partial charge in [0.15, 0.2) is 5.69 Å². The number of ether oxygens (including phenoxy) is 1. The first-order valence-electron chi connectivity index (χ1n) is 7.37. The van der Waals surface area contributed by atoms with E-state index in [2.05, 4.69) is 9.71 Å². The molecular formula is C13H18F3N3O5S2. The Hall–Kier alpha value is -1.28. The molecule has 0 amide bonds. The summed E-state index contributed by atoms with van der Waals surface area (Å²) >= 11 is 0. The zero-order chi connectivity index (χ0) is 19.8. The molecule has 0 aliphatic carbocycles. The summed E-state index contributed by atoms with van der Waals surface area (Å²) in [5.41, 5.74) is -1.54. The lowest BCUT2D eigenvalue weighted by atomic mass is 10.1. The number of alkyl halides is 3. The first-order chi connectivity index (χ1) is 11.8. The van der Waals surface area contributed by atoms with Gasteiger partial charge in [-0.3, -0.25) is 4.98 Å². The summed E-state index contributed by atoms with van der Waals surface area (Å²) in [6.07, 6.45) is -4.11. The van der Waals surface area contributed by atoms with Gasteiger partial charge in [-0.1, -0.05) is 0 Å². The van der Waals surface area contributed by atoms with E-state index in [4.69, 9.17) is 4.74 Å². The Morgan fingerprint density at radius 1 is 1.27 bits per heavy atom. The van der Waals surface area contributed by atoms with E-state index in [0.29, 0.717) is 0 Å². The van der Waals surface area contributed by atoms with Crippen LogP contribution in [0.2, 0.25) is 0 Å². The van der Waals surface area contributed by atoms with Crippen LogP contribution in [0.5, 0.6) is 0 Å². The van der Waals surface area contributed by atoms with Crippen molar-refractivity contribution in [1.29, 1.82) is 0 Å². The zero-order valence-corrected chi connectivity index (χ0v) is 15.5. The molecule has 0 aromatic carbocycles. The topological polar surface area (TPSA) is 106 Å². The van der Waals surface area contributed by atoms with Gasteiger partial charge in [0.05, 0.1) is 25.0 Å². The maximum atomic E-state index is 13.0. The van der Waals surface area contributed by atoms with Crippen molar-refractivity contribution in [3.05, 3.63) is 24.0 Å². The Labute approximate surface area is 149 Å². The fraction of sp³-hybridized carbons (Fsp3) is 0.615. The molecule has 1 N–H and O–H groups in total. The quantitative estimate of drug-likeness (QED) is 0.713. The normalized spacial score (nSPS) is 22.1. The molecular weight excluding hydrogens is 399 g/mol. The number of aromatic nitrogens is 1. The molecule has 2 atom stereocenters. The van der Waals surface area contributed by atoms with Crippen LogP contribution in [0.1, 0.15) is 5.69 Å². The van der Waals surface area contributed by atoms with Gasteiger partial charge >= 0.3 is 6.18 Å². The van der Waals surface area contributed by atoms with Crippen LogP contribution < -0.4 is 4.72 Å². The average molecular weight is 417 g/mol. The molecule has 0 unspecified atom stereocenters. The van der Waals surface area contributed by atoms with Crippen LogP contribution in [0, 0.1) is 5.92 Å². The number of halogens is 3. The molecule has 0 radical (unpaired) electrons. The van der Waals surface area contributed by atoms with Crippen LogP contribution >= 0.6 is 0 Å². The van der Waals surface area contributed by atoms with Crippen LogP contribution in [0.25, 0.3) is 0 Å². The summed E-state index contributed by atoms with van der Waals surface area (Å²) in [4.78, 5) is 2.09. The van der Waals surface area contributed by atoms with E-state index in [1.54, 1.807) is 0 Å². The van der Waals surface area contributed by atoms with E-state index < -0.39 is 54.5 Å². The van der Waals surface area contributed by atoms with E-state index in [1.165, 1.54) is 14.1 Å². The Bertz CT molecular complexity index is 856. The maximum Gasteiger partial charge on any atom is 0.434 e. The van der Waals surface area contributed by atoms with Crippen molar-refractivity contribution in [1.82, 2.24) is 14.0 Å². The SMILES string of the molecule is CN(C)S(=O)(=O)C[C@@H]1COC[C@@H]1NS(=O)(=O)c1cccnc1C(F)(F)F. The minimum Gasteiger partial charge on any atom is -0.379 e. The highest BCUT2D eigenvalue weighted by molar-refractivity contribution is 7.89. The van der Waals surface area contributed by atoms with Gasteiger partial charge in [-0.15, -0.1) is 0 Å². The molecule has 26 heavy (non-hydrogen) atoms. The van der Waals surface area contributed by atoms with Crippen LogP contribution in [0.15, 0.2) is 23.2 Å². The second-order valence-electron chi connectivity index (χ2n) is 5.93. The molecule has 1 saturated heterocycles. The molecule has 0 saturated carbocycles. The van der Waals surface area contributed by atoms with E-state index in [1.807, 2.05) is 0 Å². The average Bonchev–Trinajstić information content (AvgIpc) is 2.92. The minimum atomic E-state index is -4.95. The van der Waals surface area contributed by atoms with Gasteiger partial charge < -0.3 is 4.74 Å². The van der Waals surface area contributed by atoms with Gasteiger partial charge in [-0.2, -0.15) is 13.2 Å². The number of rotatable bonds is 6. The second kappa shape index (κ2) is 7.38. The molecule has 1 aromatic heterocycles. The molecule has 148 valence electrons. The molecule has 1 fully saturated rings. The van der Waals surface area contributed by atoms with E-state index >= 15 is 0 Å². The molecule has 8 nitrogen and oxygen atoms in total. The predicted octanol–water partition coefficient (Wildman–Crippen LogP) is 0.285. The maximum absolute atomic E-state index is 13.0. The van der Waals surface area contributed by atoms with E-state index in [0.717, 1.165) is 22.6 Å². The summed E-state index contributed by atoms with van der Waals surface area (Å²) < 4.78 is 96.1. The number of pyridine rings is 1. The van der Waals surface area contributed by atoms with Gasteiger partial charge in [0.2, 0.25) is 20.0 Å². The lowest BCUT2D eigenvalue weighted by Crippen LogP contribution is -2.44. The lowest BCUT2D eigenvalue weighted by molar-refractivity contribution is -0.143. The molecule has 0 spiro atoms. The van der Waals surface area contributed by atoms with Crippen molar-refractivity contribution >= 4 is 20.0 Å². The van der Waals surface area contributed by atoms with Crippen molar-refractivity contribution in [3.63, 3.8) is 0 Å². The zero-order valence-electron chi connectivity index (χ0n) is 13.9. The number of sulfonamides is 2. The largest absolute Gasteiger partial charge is 0.434 e. The summed E-state index contributed by atoms with van der Waals surface area (Å²) in [5.74, 6) is -1.13. The summed E-state index contributed by atoms with van der Waals surface area (Å²) in [7, 11) is -5.57. The number of nitrogens with zero attached hydrogens (tertiary/aromatic N) is 2. The molecule has 2 rings (SSSR count). The van der Waals surface area contributed by atoms with Crippen molar-refractivity contribution in [2.45, 2.75) is 17.1 Å². The standard InChI is InChI=1S/C13H18F3N3O5S2/c1-19(2)25(20,21)8-9-6-24-7-10(9)18-26(22,23)11-4-3-5-17-12(11)13(14,15)16/h3-5,9-10,18H,6-8H2,1-2H3/t9-,10-/m0/s1. The Morgan fingerprint density at radius 3 is 2.50 bits per heavy atom. The smallest absolute Gasteiger partial charge is 0.379 e. The molecule has 1 aromatic rings. The summed E-state index contributed by atoms with van der Waals surface area (Å²) in [6, 6.07) is 0.888. The second-order valence-corrected chi connectivity index (χ2v) is 9.84. The van der Waals surface area contributed by atoms with Gasteiger partial charge in [0.1, 0.15) is 4.90 Å². The van der Waals surface area contributed by atoms with Crippen LogP contribution in [-0.2, 0) is 31.0 Å². The number of hydrogen-bond donors (Lipinski definition) is 1. The highest BCUT2D eigenvalue weighted by atomic mass is 32.2. The van der Waals surface area contributed by atoms with Gasteiger partial charge in [0.25, 0.3) is 0 Å². The molecule has 2 heterocycles. The van der Waals surface area contributed by atoms with Crippen LogP contribution in [0.4, 0.5) is 13.2 Å². The Morgan fingerprint density at radius 2 is 1.92 bits per heavy atom. The molecule has 1 aliphatic rings. The summed E-state index contributed by atoms with van der Waals surface area (Å²) in [6.45, 7) is -0.173. The molecule has 1 aliphatic heterocycles. The number of hydrogen-bond acceptors (Lipinski definition) is 6. The highest BCUT2D eigenvalue weighted by Crippen LogP contribution is 2.32. The first kappa shape index (κ1) is 21.0. The monoisotopic (exact) mass is 417 g/mol. The van der Waals surface area contributed by atoms with Gasteiger partial charge in [0, 0.05) is 26.2 Å². The number of nitrogens with one attached hydrogen (secondary N) is 1. The van der Waals surface area contributed by atoms with Gasteiger partial charge in [-0.25, -0.2) is 25.9 Å². The highest BCUT2D eigenvalue weighted by Gasteiger charge is 2.41. The molecule has 13 heteroatoms. The predicted molar refractivity (Wildman–Crippen MR) is 85.1 cm³/mol. The molecule has 0 bridgehead atoms. The van der Waals surface area contributed by atoms with Crippen molar-refractivity contribution in [3.8, 4) is 0 Å². The van der Waals surface area contributed by atoms with E-state index in [9.17, 15) is 30.0 Å². The van der Waals surface area contributed by atoms with E-state index in [-0.39, 0.29) is 13.2 Å². The third-order valence-corrected chi connectivity index (χ3v) is 7.30. The summed E-state index contributed by atoms with van der Waals surface area (Å²) in [5, 5.41) is 0. The minimum absolute atomic E-state index is 0.0283. The van der Waals surface area contributed by atoms with Crippen LogP contribution in [-0.4, -0.2) is 65.2 Å². The van der Waals surface area contributed by atoms with Crippen LogP contribution in [0.3, 0.4) is 0 Å². The fourth-order valence-corrected chi connectivity index (χ4v) is 5.03. The first-order valence-corrected chi connectivity index (χ1v) is 10.5. The van der Waals surface area contributed by atoms with Crippen molar-refractivity contribution in [2.75, 3.05) is 33.1 Å². The third kappa shape index (κ3) is 4.71. The van der Waals surface area contributed by atoms with Crippen molar-refractivity contribution < 1.29 is 34.7 Å². The lowest BCUT2D eigenvalue weighted by Gasteiger charge is -2.21. The Kier molecular flexibility index (Phi) is 5.97. The fourth-order valence-electron chi connectivity index (χ4n) is 2.40. The van der Waals surface area contributed by atoms with Gasteiger partial charge in [-0.05, 0) is 12.1 Å².